The van der Waals surface area contributed by atoms with Crippen molar-refractivity contribution in [1.29, 1.82) is 0 Å². The zero-order chi connectivity index (χ0) is 15.0. The van der Waals surface area contributed by atoms with Crippen LogP contribution in [0.15, 0.2) is 24.3 Å². The van der Waals surface area contributed by atoms with E-state index in [1.54, 1.807) is 11.3 Å². The Hall–Kier alpha value is -1.65. The molecule has 3 nitrogen and oxygen atoms in total. The van der Waals surface area contributed by atoms with Gasteiger partial charge in [0.25, 0.3) is 0 Å². The highest BCUT2D eigenvalue weighted by molar-refractivity contribution is 7.18. The molecule has 0 aliphatic rings. The van der Waals surface area contributed by atoms with E-state index in [2.05, 4.69) is 36.1 Å². The summed E-state index contributed by atoms with van der Waals surface area (Å²) in [6.45, 7) is 6.32. The van der Waals surface area contributed by atoms with Crippen LogP contribution in [0.1, 0.15) is 23.2 Å². The maximum atomic E-state index is 5.93. The number of aryl methyl sites for hydroxylation is 3. The molecule has 0 atom stereocenters. The van der Waals surface area contributed by atoms with Crippen molar-refractivity contribution < 1.29 is 0 Å². The van der Waals surface area contributed by atoms with E-state index in [0.717, 1.165) is 39.0 Å². The number of anilines is 2. The van der Waals surface area contributed by atoms with Gasteiger partial charge in [-0.2, -0.15) is 0 Å². The molecule has 0 amide bonds. The number of hydrogen-bond donors (Lipinski definition) is 1. The van der Waals surface area contributed by atoms with Crippen LogP contribution in [0.25, 0.3) is 10.2 Å². The van der Waals surface area contributed by atoms with E-state index in [-0.39, 0.29) is 0 Å². The summed E-state index contributed by atoms with van der Waals surface area (Å²) < 4.78 is 0. The first-order valence-corrected chi connectivity index (χ1v) is 8.07. The van der Waals surface area contributed by atoms with Gasteiger partial charge in [0.2, 0.25) is 0 Å². The first kappa shape index (κ1) is 14.3. The summed E-state index contributed by atoms with van der Waals surface area (Å²) in [4.78, 5) is 11.6. The lowest BCUT2D eigenvalue weighted by Gasteiger charge is -2.09. The highest BCUT2D eigenvalue weighted by Crippen LogP contribution is 2.34. The molecule has 0 aliphatic heterocycles. The second-order valence-corrected chi connectivity index (χ2v) is 6.58. The van der Waals surface area contributed by atoms with Gasteiger partial charge in [-0.25, -0.2) is 9.97 Å². The van der Waals surface area contributed by atoms with Crippen molar-refractivity contribution in [3.63, 3.8) is 0 Å². The quantitative estimate of drug-likeness (QED) is 0.715. The van der Waals surface area contributed by atoms with Crippen LogP contribution in [0.5, 0.6) is 0 Å². The molecule has 0 saturated carbocycles. The molecule has 0 bridgehead atoms. The van der Waals surface area contributed by atoms with Gasteiger partial charge in [0.15, 0.2) is 0 Å². The van der Waals surface area contributed by atoms with E-state index < -0.39 is 0 Å². The van der Waals surface area contributed by atoms with Crippen LogP contribution in [0.2, 0.25) is 5.02 Å². The molecule has 1 N–H and O–H groups in total. The molecule has 0 aliphatic carbocycles. The van der Waals surface area contributed by atoms with E-state index >= 15 is 0 Å². The number of thiophene rings is 1. The molecule has 2 aromatic heterocycles. The topological polar surface area (TPSA) is 37.8 Å². The van der Waals surface area contributed by atoms with E-state index in [4.69, 9.17) is 11.6 Å². The first-order chi connectivity index (χ1) is 10.1. The van der Waals surface area contributed by atoms with Crippen LogP contribution < -0.4 is 5.32 Å². The predicted octanol–water partition coefficient (Wildman–Crippen LogP) is 5.27. The molecule has 0 spiro atoms. The fourth-order valence-electron chi connectivity index (χ4n) is 2.21. The smallest absolute Gasteiger partial charge is 0.143 e. The summed E-state index contributed by atoms with van der Waals surface area (Å²) in [6.07, 6.45) is 0.821. The second-order valence-electron chi connectivity index (χ2n) is 4.94. The molecule has 108 valence electrons. The maximum absolute atomic E-state index is 5.93. The molecule has 2 heterocycles. The van der Waals surface area contributed by atoms with Crippen LogP contribution in [0.4, 0.5) is 11.5 Å². The van der Waals surface area contributed by atoms with Gasteiger partial charge >= 0.3 is 0 Å². The number of aromatic nitrogens is 2. The van der Waals surface area contributed by atoms with E-state index in [1.807, 2.05) is 24.3 Å². The minimum atomic E-state index is 0.727. The molecule has 0 radical (unpaired) electrons. The molecule has 0 saturated heterocycles. The molecule has 3 rings (SSSR count). The minimum Gasteiger partial charge on any atom is -0.340 e. The summed E-state index contributed by atoms with van der Waals surface area (Å²) in [5, 5.41) is 5.24. The van der Waals surface area contributed by atoms with Crippen molar-refractivity contribution in [2.75, 3.05) is 5.32 Å². The van der Waals surface area contributed by atoms with E-state index in [1.165, 1.54) is 10.4 Å². The Bertz CT molecular complexity index is 793. The van der Waals surface area contributed by atoms with Gasteiger partial charge in [-0.15, -0.1) is 11.3 Å². The molecule has 5 heteroatoms. The van der Waals surface area contributed by atoms with Crippen molar-refractivity contribution >= 4 is 44.7 Å². The summed E-state index contributed by atoms with van der Waals surface area (Å²) in [7, 11) is 0. The van der Waals surface area contributed by atoms with E-state index in [0.29, 0.717) is 0 Å². The maximum Gasteiger partial charge on any atom is 0.143 e. The lowest BCUT2D eigenvalue weighted by Crippen LogP contribution is -2.00. The molecule has 0 unspecified atom stereocenters. The van der Waals surface area contributed by atoms with Crippen LogP contribution in [0, 0.1) is 13.8 Å². The number of nitrogens with one attached hydrogen (secondary N) is 1. The zero-order valence-electron chi connectivity index (χ0n) is 12.2. The summed E-state index contributed by atoms with van der Waals surface area (Å²) in [5.41, 5.74) is 2.22. The van der Waals surface area contributed by atoms with Crippen LogP contribution >= 0.6 is 22.9 Å². The minimum absolute atomic E-state index is 0.727. The second kappa shape index (κ2) is 5.62. The largest absolute Gasteiger partial charge is 0.340 e. The SMILES string of the molecule is CCc1nc(Nc2ccc(Cl)cc2)c2c(C)c(C)sc2n1. The number of nitrogens with zero attached hydrogens (tertiary/aromatic N) is 2. The fourth-order valence-corrected chi connectivity index (χ4v) is 3.39. The average Bonchev–Trinajstić information content (AvgIpc) is 2.76. The summed E-state index contributed by atoms with van der Waals surface area (Å²) in [5.74, 6) is 1.74. The van der Waals surface area contributed by atoms with Crippen molar-refractivity contribution in [2.24, 2.45) is 0 Å². The average molecular weight is 318 g/mol. The third kappa shape index (κ3) is 2.74. The van der Waals surface area contributed by atoms with Crippen LogP contribution in [0.3, 0.4) is 0 Å². The Labute approximate surface area is 133 Å². The standard InChI is InChI=1S/C16H16ClN3S/c1-4-13-19-15(18-12-7-5-11(17)6-8-12)14-9(2)10(3)21-16(14)20-13/h5-8H,4H2,1-3H3,(H,18,19,20). The monoisotopic (exact) mass is 317 g/mol. The number of rotatable bonds is 3. The summed E-state index contributed by atoms with van der Waals surface area (Å²) >= 11 is 7.66. The van der Waals surface area contributed by atoms with Crippen LogP contribution in [-0.4, -0.2) is 9.97 Å². The van der Waals surface area contributed by atoms with Crippen molar-refractivity contribution in [3.8, 4) is 0 Å². The molecule has 3 aromatic rings. The highest BCUT2D eigenvalue weighted by Gasteiger charge is 2.14. The lowest BCUT2D eigenvalue weighted by molar-refractivity contribution is 0.967. The molecular weight excluding hydrogens is 302 g/mol. The summed E-state index contributed by atoms with van der Waals surface area (Å²) in [6, 6.07) is 7.65. The van der Waals surface area contributed by atoms with Crippen molar-refractivity contribution in [3.05, 3.63) is 45.6 Å². The van der Waals surface area contributed by atoms with Gasteiger partial charge in [-0.1, -0.05) is 18.5 Å². The predicted molar refractivity (Wildman–Crippen MR) is 91.0 cm³/mol. The molecule has 0 fully saturated rings. The van der Waals surface area contributed by atoms with Gasteiger partial charge in [0, 0.05) is 22.0 Å². The van der Waals surface area contributed by atoms with Gasteiger partial charge in [0.1, 0.15) is 16.5 Å². The Morgan fingerprint density at radius 2 is 1.86 bits per heavy atom. The number of benzene rings is 1. The highest BCUT2D eigenvalue weighted by atomic mass is 35.5. The Morgan fingerprint density at radius 3 is 2.52 bits per heavy atom. The fraction of sp³-hybridized carbons (Fsp3) is 0.250. The third-order valence-corrected chi connectivity index (χ3v) is 4.85. The molecular formula is C16H16ClN3S. The van der Waals surface area contributed by atoms with Gasteiger partial charge < -0.3 is 5.32 Å². The van der Waals surface area contributed by atoms with Gasteiger partial charge in [0.05, 0.1) is 5.39 Å². The first-order valence-electron chi connectivity index (χ1n) is 6.87. The molecule has 21 heavy (non-hydrogen) atoms. The number of fused-ring (bicyclic) bond motifs is 1. The normalized spacial score (nSPS) is 11.0. The Morgan fingerprint density at radius 1 is 1.14 bits per heavy atom. The number of halogens is 1. The Kier molecular flexibility index (Phi) is 3.83. The van der Waals surface area contributed by atoms with Crippen molar-refractivity contribution in [2.45, 2.75) is 27.2 Å². The van der Waals surface area contributed by atoms with E-state index in [9.17, 15) is 0 Å². The zero-order valence-corrected chi connectivity index (χ0v) is 13.8. The number of hydrogen-bond acceptors (Lipinski definition) is 4. The van der Waals surface area contributed by atoms with Gasteiger partial charge in [-0.05, 0) is 43.7 Å². The Balaban J connectivity index is 2.13. The molecule has 1 aromatic carbocycles. The van der Waals surface area contributed by atoms with Crippen molar-refractivity contribution in [1.82, 2.24) is 9.97 Å². The van der Waals surface area contributed by atoms with Gasteiger partial charge in [-0.3, -0.25) is 0 Å². The third-order valence-electron chi connectivity index (χ3n) is 3.50. The lowest BCUT2D eigenvalue weighted by atomic mass is 10.2. The van der Waals surface area contributed by atoms with Crippen LogP contribution in [-0.2, 0) is 6.42 Å².